The fourth-order valence-corrected chi connectivity index (χ4v) is 5.50. The number of halogens is 4. The molecule has 1 heterocycles. The molecule has 1 aromatic heterocycles. The molecule has 0 amide bonds. The Balaban J connectivity index is 1.60. The van der Waals surface area contributed by atoms with E-state index in [1.807, 2.05) is 0 Å². The normalized spacial score (nSPS) is 11.6. The van der Waals surface area contributed by atoms with Gasteiger partial charge in [0.25, 0.3) is 5.69 Å². The first-order valence-corrected chi connectivity index (χ1v) is 14.8. The van der Waals surface area contributed by atoms with E-state index in [0.29, 0.717) is 12.1 Å². The van der Waals surface area contributed by atoms with Crippen molar-refractivity contribution in [1.29, 1.82) is 0 Å². The summed E-state index contributed by atoms with van der Waals surface area (Å²) in [6.07, 6.45) is -5.24. The molecule has 0 aliphatic rings. The number of nitrogen functional groups attached to an aromatic ring is 1. The van der Waals surface area contributed by atoms with Gasteiger partial charge in [0.1, 0.15) is 5.82 Å². The number of pyridine rings is 1. The molecule has 4 aromatic rings. The minimum atomic E-state index is -4.80. The largest absolute Gasteiger partial charge is 0.481 e. The number of alkyl halides is 3. The number of nitro benzene ring substituents is 1. The summed E-state index contributed by atoms with van der Waals surface area (Å²) in [6, 6.07) is 11.7. The Morgan fingerprint density at radius 2 is 1.72 bits per heavy atom. The zero-order valence-electron chi connectivity index (χ0n) is 23.8. The van der Waals surface area contributed by atoms with Crippen LogP contribution in [0.3, 0.4) is 0 Å². The number of nitro groups is 1. The molecule has 0 spiro atoms. The zero-order valence-corrected chi connectivity index (χ0v) is 24.6. The number of non-ortho nitro benzene ring substituents is 1. The first kappa shape index (κ1) is 33.4. The van der Waals surface area contributed by atoms with Crippen molar-refractivity contribution in [2.24, 2.45) is 0 Å². The lowest BCUT2D eigenvalue weighted by molar-refractivity contribution is -0.384. The van der Waals surface area contributed by atoms with Crippen LogP contribution in [0.25, 0.3) is 0 Å². The van der Waals surface area contributed by atoms with E-state index < -0.39 is 49.8 Å². The van der Waals surface area contributed by atoms with Gasteiger partial charge in [-0.1, -0.05) is 0 Å². The minimum Gasteiger partial charge on any atom is -0.481 e. The van der Waals surface area contributed by atoms with E-state index >= 15 is 0 Å². The van der Waals surface area contributed by atoms with Gasteiger partial charge in [0, 0.05) is 30.3 Å². The van der Waals surface area contributed by atoms with Gasteiger partial charge in [-0.05, 0) is 66.1 Å². The first-order chi connectivity index (χ1) is 21.6. The number of carboxylic acid groups (broad SMARTS) is 1. The predicted molar refractivity (Wildman–Crippen MR) is 160 cm³/mol. The first-order valence-electron chi connectivity index (χ1n) is 13.1. The van der Waals surface area contributed by atoms with Crippen molar-refractivity contribution < 1.29 is 45.5 Å². The number of carbonyl (C=O) groups is 1. The average molecular weight is 664 g/mol. The molecular weight excluding hydrogens is 638 g/mol. The summed E-state index contributed by atoms with van der Waals surface area (Å²) in [6.45, 7) is 0. The van der Waals surface area contributed by atoms with Gasteiger partial charge in [0.2, 0.25) is 15.9 Å². The van der Waals surface area contributed by atoms with Gasteiger partial charge in [-0.3, -0.25) is 14.8 Å². The molecule has 0 fully saturated rings. The molecule has 242 valence electrons. The van der Waals surface area contributed by atoms with Gasteiger partial charge in [-0.15, -0.1) is 0 Å². The quantitative estimate of drug-likeness (QED) is 0.0825. The smallest absolute Gasteiger partial charge is 0.416 e. The Morgan fingerprint density at radius 1 is 1.02 bits per heavy atom. The Morgan fingerprint density at radius 3 is 2.37 bits per heavy atom. The maximum Gasteiger partial charge on any atom is 0.416 e. The average Bonchev–Trinajstić information content (AvgIpc) is 2.98. The second kappa shape index (κ2) is 13.3. The molecule has 0 bridgehead atoms. The van der Waals surface area contributed by atoms with Crippen molar-refractivity contribution in [1.82, 2.24) is 4.98 Å². The number of anilines is 4. The highest BCUT2D eigenvalue weighted by Gasteiger charge is 2.32. The number of hydrogen-bond donors (Lipinski definition) is 4. The van der Waals surface area contributed by atoms with Crippen LogP contribution in [0.5, 0.6) is 5.88 Å². The SMILES string of the molecule is COc1ccc(N)c(Cc2cc([N+](=O)[O-])ccc2NS(=O)(=O)CCc2cc(F)ccc2Nc2ccc(C(F)(F)F)cc2C(=O)O)n1. The number of rotatable bonds is 12. The van der Waals surface area contributed by atoms with Crippen LogP contribution < -0.4 is 20.5 Å². The molecule has 0 radical (unpaired) electrons. The highest BCUT2D eigenvalue weighted by molar-refractivity contribution is 7.92. The maximum absolute atomic E-state index is 14.2. The Hall–Kier alpha value is -5.45. The lowest BCUT2D eigenvalue weighted by Gasteiger charge is -2.17. The number of carboxylic acids is 1. The summed E-state index contributed by atoms with van der Waals surface area (Å²) in [5.74, 6) is -2.84. The van der Waals surface area contributed by atoms with Crippen LogP contribution in [0, 0.1) is 15.9 Å². The summed E-state index contributed by atoms with van der Waals surface area (Å²) >= 11 is 0. The molecule has 46 heavy (non-hydrogen) atoms. The van der Waals surface area contributed by atoms with Crippen molar-refractivity contribution in [2.75, 3.05) is 28.6 Å². The van der Waals surface area contributed by atoms with E-state index in [2.05, 4.69) is 15.0 Å². The van der Waals surface area contributed by atoms with Crippen LogP contribution in [0.1, 0.15) is 32.7 Å². The molecule has 0 saturated carbocycles. The fraction of sp³-hybridized carbons (Fsp3) is 0.172. The van der Waals surface area contributed by atoms with Crippen LogP contribution >= 0.6 is 0 Å². The molecule has 12 nitrogen and oxygen atoms in total. The number of aromatic nitrogens is 1. The number of aromatic carboxylic acids is 1. The third-order valence-corrected chi connectivity index (χ3v) is 7.94. The molecule has 5 N–H and O–H groups in total. The number of aryl methyl sites for hydroxylation is 1. The Labute approximate surface area is 259 Å². The topological polar surface area (TPSA) is 187 Å². The monoisotopic (exact) mass is 663 g/mol. The third-order valence-electron chi connectivity index (χ3n) is 6.67. The molecule has 0 aliphatic carbocycles. The summed E-state index contributed by atoms with van der Waals surface area (Å²) in [7, 11) is -2.84. The van der Waals surface area contributed by atoms with Crippen molar-refractivity contribution in [3.8, 4) is 5.88 Å². The van der Waals surface area contributed by atoms with Gasteiger partial charge < -0.3 is 20.9 Å². The second-order valence-electron chi connectivity index (χ2n) is 9.83. The van der Waals surface area contributed by atoms with Crippen molar-refractivity contribution >= 4 is 44.4 Å². The molecule has 0 atom stereocenters. The summed E-state index contributed by atoms with van der Waals surface area (Å²) < 4.78 is 87.5. The van der Waals surface area contributed by atoms with Crippen LogP contribution in [-0.4, -0.2) is 42.3 Å². The summed E-state index contributed by atoms with van der Waals surface area (Å²) in [5.41, 5.74) is 4.31. The number of nitrogens with two attached hydrogens (primary N) is 1. The predicted octanol–water partition coefficient (Wildman–Crippen LogP) is 5.76. The van der Waals surface area contributed by atoms with Gasteiger partial charge >= 0.3 is 12.1 Å². The molecule has 0 unspecified atom stereocenters. The van der Waals surface area contributed by atoms with E-state index in [-0.39, 0.29) is 64.0 Å². The Kier molecular flexibility index (Phi) is 9.65. The Bertz CT molecular complexity index is 1920. The number of nitrogens with zero attached hydrogens (tertiary/aromatic N) is 2. The summed E-state index contributed by atoms with van der Waals surface area (Å²) in [4.78, 5) is 26.7. The van der Waals surface area contributed by atoms with Crippen molar-refractivity contribution in [2.45, 2.75) is 19.0 Å². The number of ether oxygens (including phenoxy) is 1. The second-order valence-corrected chi connectivity index (χ2v) is 11.7. The number of hydrogen-bond acceptors (Lipinski definition) is 9. The van der Waals surface area contributed by atoms with E-state index in [1.54, 1.807) is 0 Å². The van der Waals surface area contributed by atoms with Crippen LogP contribution in [0.15, 0.2) is 66.7 Å². The maximum atomic E-state index is 14.2. The van der Waals surface area contributed by atoms with E-state index in [1.165, 1.54) is 31.4 Å². The lowest BCUT2D eigenvalue weighted by Crippen LogP contribution is -2.20. The van der Waals surface area contributed by atoms with Gasteiger partial charge in [0.15, 0.2) is 0 Å². The highest BCUT2D eigenvalue weighted by atomic mass is 32.2. The molecular formula is C29H25F4N5O7S. The van der Waals surface area contributed by atoms with Crippen LogP contribution in [-0.2, 0) is 29.0 Å². The molecule has 0 saturated heterocycles. The molecule has 0 aliphatic heterocycles. The summed E-state index contributed by atoms with van der Waals surface area (Å²) in [5, 5.41) is 23.6. The standard InChI is InChI=1S/C29H25F4N5O7S/c1-45-27-9-5-22(34)26(36-27)14-17-13-20(38(41)42)4-8-24(17)37-46(43,44)11-10-16-12-19(30)3-7-23(16)35-25-6-2-18(29(31,32)33)15-21(25)28(39)40/h2-9,12-13,15,35,37H,10-11,14,34H2,1H3,(H,39,40). The van der Waals surface area contributed by atoms with Gasteiger partial charge in [-0.25, -0.2) is 22.6 Å². The van der Waals surface area contributed by atoms with E-state index in [4.69, 9.17) is 10.5 Å². The molecule has 4 rings (SSSR count). The van der Waals surface area contributed by atoms with Gasteiger partial charge in [0.05, 0.1) is 51.7 Å². The highest BCUT2D eigenvalue weighted by Crippen LogP contribution is 2.34. The minimum absolute atomic E-state index is 0.0111. The van der Waals surface area contributed by atoms with Crippen LogP contribution in [0.4, 0.5) is 46.0 Å². The van der Waals surface area contributed by atoms with Crippen molar-refractivity contribution in [3.63, 3.8) is 0 Å². The lowest BCUT2D eigenvalue weighted by atomic mass is 10.1. The zero-order chi connectivity index (χ0) is 33.8. The number of sulfonamides is 1. The third kappa shape index (κ3) is 8.17. The van der Waals surface area contributed by atoms with E-state index in [9.17, 15) is 46.0 Å². The van der Waals surface area contributed by atoms with Crippen LogP contribution in [0.2, 0.25) is 0 Å². The number of benzene rings is 3. The number of methoxy groups -OCH3 is 1. The molecule has 17 heteroatoms. The molecule has 3 aromatic carbocycles. The fourth-order valence-electron chi connectivity index (χ4n) is 4.37. The van der Waals surface area contributed by atoms with E-state index in [0.717, 1.165) is 30.3 Å². The number of nitrogens with one attached hydrogen (secondary N) is 2. The van der Waals surface area contributed by atoms with Gasteiger partial charge in [-0.2, -0.15) is 13.2 Å². The van der Waals surface area contributed by atoms with Crippen molar-refractivity contribution in [3.05, 3.63) is 111 Å².